The molecule has 24 heavy (non-hydrogen) atoms. The number of nitrogens with zero attached hydrogens (tertiary/aromatic N) is 1. The summed E-state index contributed by atoms with van der Waals surface area (Å²) in [7, 11) is 0. The van der Waals surface area contributed by atoms with Gasteiger partial charge >= 0.3 is 0 Å². The monoisotopic (exact) mass is 325 g/mol. The first kappa shape index (κ1) is 16.3. The molecule has 1 atom stereocenters. The fourth-order valence-corrected chi connectivity index (χ4v) is 3.81. The molecule has 0 radical (unpaired) electrons. The van der Waals surface area contributed by atoms with Gasteiger partial charge < -0.3 is 16.4 Å². The number of hydrogen-bond acceptors (Lipinski definition) is 3. The average Bonchev–Trinajstić information content (AvgIpc) is 2.62. The van der Waals surface area contributed by atoms with Gasteiger partial charge in [0.25, 0.3) is 0 Å². The molecule has 0 saturated carbocycles. The Kier molecular flexibility index (Phi) is 4.42. The Morgan fingerprint density at radius 2 is 1.75 bits per heavy atom. The van der Waals surface area contributed by atoms with Crippen molar-refractivity contribution in [2.24, 2.45) is 22.8 Å². The number of rotatable bonds is 4. The summed E-state index contributed by atoms with van der Waals surface area (Å²) in [5, 5.41) is 0. The van der Waals surface area contributed by atoms with Gasteiger partial charge in [0.05, 0.1) is 5.41 Å². The molecule has 2 aliphatic rings. The lowest BCUT2D eigenvalue weighted by atomic mass is 9.66. The van der Waals surface area contributed by atoms with Gasteiger partial charge in [-0.05, 0) is 37.3 Å². The van der Waals surface area contributed by atoms with Crippen LogP contribution in [-0.2, 0) is 9.59 Å². The van der Waals surface area contributed by atoms with E-state index in [1.54, 1.807) is 18.2 Å². The highest BCUT2D eigenvalue weighted by Gasteiger charge is 2.43. The number of piperidine rings is 1. The number of hydrogen-bond donors (Lipinski definition) is 2. The van der Waals surface area contributed by atoms with E-state index in [-0.39, 0.29) is 11.8 Å². The van der Waals surface area contributed by atoms with Crippen molar-refractivity contribution in [1.82, 2.24) is 0 Å². The van der Waals surface area contributed by atoms with E-state index in [9.17, 15) is 9.59 Å². The van der Waals surface area contributed by atoms with Crippen molar-refractivity contribution in [3.63, 3.8) is 0 Å². The van der Waals surface area contributed by atoms with Gasteiger partial charge in [0.1, 0.15) is 0 Å². The Morgan fingerprint density at radius 3 is 2.25 bits per heavy atom. The van der Waals surface area contributed by atoms with Crippen LogP contribution in [0, 0.1) is 11.3 Å². The van der Waals surface area contributed by atoms with Crippen LogP contribution in [-0.4, -0.2) is 24.9 Å². The SMILES string of the molecule is NC(=O)C1=CCC(C(N)=O)(C2CCN(c3ccccc3)CC2)C=C1. The lowest BCUT2D eigenvalue weighted by Gasteiger charge is -2.42. The molecule has 1 aromatic carbocycles. The Balaban J connectivity index is 1.73. The summed E-state index contributed by atoms with van der Waals surface area (Å²) >= 11 is 0. The molecular weight excluding hydrogens is 302 g/mol. The summed E-state index contributed by atoms with van der Waals surface area (Å²) in [5.41, 5.74) is 12.0. The summed E-state index contributed by atoms with van der Waals surface area (Å²) in [4.78, 5) is 25.8. The van der Waals surface area contributed by atoms with Crippen LogP contribution in [0.2, 0.25) is 0 Å². The normalized spacial score (nSPS) is 24.5. The minimum Gasteiger partial charge on any atom is -0.372 e. The van der Waals surface area contributed by atoms with E-state index in [1.165, 1.54) is 5.69 Å². The Labute approximate surface area is 142 Å². The average molecular weight is 325 g/mol. The highest BCUT2D eigenvalue weighted by Crippen LogP contribution is 2.43. The van der Waals surface area contributed by atoms with Gasteiger partial charge in [-0.2, -0.15) is 0 Å². The predicted molar refractivity (Wildman–Crippen MR) is 94.0 cm³/mol. The Bertz CT molecular complexity index is 688. The van der Waals surface area contributed by atoms with E-state index in [4.69, 9.17) is 11.5 Å². The molecule has 0 bridgehead atoms. The zero-order chi connectivity index (χ0) is 17.2. The number of allylic oxidation sites excluding steroid dienone is 1. The fourth-order valence-electron chi connectivity index (χ4n) is 3.81. The van der Waals surface area contributed by atoms with E-state index in [1.807, 2.05) is 18.2 Å². The van der Waals surface area contributed by atoms with Gasteiger partial charge in [0.15, 0.2) is 0 Å². The first-order valence-corrected chi connectivity index (χ1v) is 8.32. The molecule has 1 unspecified atom stereocenters. The lowest BCUT2D eigenvalue weighted by molar-refractivity contribution is -0.128. The summed E-state index contributed by atoms with van der Waals surface area (Å²) in [6, 6.07) is 10.3. The number of carbonyl (C=O) groups is 2. The number of anilines is 1. The van der Waals surface area contributed by atoms with Crippen LogP contribution in [0.15, 0.2) is 54.1 Å². The van der Waals surface area contributed by atoms with Crippen LogP contribution in [0.1, 0.15) is 19.3 Å². The third-order valence-electron chi connectivity index (χ3n) is 5.31. The number of benzene rings is 1. The van der Waals surface area contributed by atoms with E-state index >= 15 is 0 Å². The zero-order valence-corrected chi connectivity index (χ0v) is 13.7. The smallest absolute Gasteiger partial charge is 0.248 e. The fraction of sp³-hybridized carbons (Fsp3) is 0.368. The molecule has 5 nitrogen and oxygen atoms in total. The lowest BCUT2D eigenvalue weighted by Crippen LogP contribution is -2.47. The van der Waals surface area contributed by atoms with Crippen LogP contribution in [0.5, 0.6) is 0 Å². The number of para-hydroxylation sites is 1. The van der Waals surface area contributed by atoms with Crippen molar-refractivity contribution in [3.05, 3.63) is 54.1 Å². The van der Waals surface area contributed by atoms with Crippen molar-refractivity contribution in [3.8, 4) is 0 Å². The molecule has 126 valence electrons. The van der Waals surface area contributed by atoms with Gasteiger partial charge in [0, 0.05) is 24.4 Å². The molecule has 1 aliphatic heterocycles. The maximum Gasteiger partial charge on any atom is 0.248 e. The minimum absolute atomic E-state index is 0.178. The second-order valence-corrected chi connectivity index (χ2v) is 6.56. The Morgan fingerprint density at radius 1 is 1.08 bits per heavy atom. The number of nitrogens with two attached hydrogens (primary N) is 2. The van der Waals surface area contributed by atoms with Crippen molar-refractivity contribution in [2.45, 2.75) is 19.3 Å². The molecule has 2 amide bonds. The van der Waals surface area contributed by atoms with Crippen LogP contribution in [0.4, 0.5) is 5.69 Å². The van der Waals surface area contributed by atoms with Crippen LogP contribution in [0.3, 0.4) is 0 Å². The molecule has 0 aromatic heterocycles. The molecule has 1 saturated heterocycles. The van der Waals surface area contributed by atoms with Crippen molar-refractivity contribution >= 4 is 17.5 Å². The molecule has 1 heterocycles. The first-order chi connectivity index (χ1) is 11.5. The quantitative estimate of drug-likeness (QED) is 0.883. The van der Waals surface area contributed by atoms with Crippen molar-refractivity contribution in [1.29, 1.82) is 0 Å². The third-order valence-corrected chi connectivity index (χ3v) is 5.31. The molecule has 0 spiro atoms. The largest absolute Gasteiger partial charge is 0.372 e. The molecule has 5 heteroatoms. The van der Waals surface area contributed by atoms with Gasteiger partial charge in [0.2, 0.25) is 11.8 Å². The molecular formula is C19H23N3O2. The second-order valence-electron chi connectivity index (χ2n) is 6.56. The third kappa shape index (κ3) is 2.94. The van der Waals surface area contributed by atoms with Gasteiger partial charge in [-0.25, -0.2) is 0 Å². The number of carbonyl (C=O) groups excluding carboxylic acids is 2. The van der Waals surface area contributed by atoms with E-state index in [0.29, 0.717) is 12.0 Å². The number of primary amides is 2. The number of amides is 2. The molecule has 4 N–H and O–H groups in total. The van der Waals surface area contributed by atoms with E-state index in [2.05, 4.69) is 17.0 Å². The van der Waals surface area contributed by atoms with Crippen molar-refractivity contribution in [2.75, 3.05) is 18.0 Å². The van der Waals surface area contributed by atoms with E-state index < -0.39 is 11.3 Å². The molecule has 3 rings (SSSR count). The van der Waals surface area contributed by atoms with E-state index in [0.717, 1.165) is 25.9 Å². The van der Waals surface area contributed by atoms with Gasteiger partial charge in [-0.15, -0.1) is 0 Å². The maximum atomic E-state index is 12.2. The first-order valence-electron chi connectivity index (χ1n) is 8.32. The van der Waals surface area contributed by atoms with Crippen LogP contribution < -0.4 is 16.4 Å². The predicted octanol–water partition coefficient (Wildman–Crippen LogP) is 1.75. The summed E-state index contributed by atoms with van der Waals surface area (Å²) in [6.07, 6.45) is 7.44. The highest BCUT2D eigenvalue weighted by atomic mass is 16.1. The minimum atomic E-state index is -0.707. The summed E-state index contributed by atoms with van der Waals surface area (Å²) < 4.78 is 0. The molecule has 1 aliphatic carbocycles. The second kappa shape index (κ2) is 6.51. The standard InChI is InChI=1S/C19H23N3O2/c20-17(23)14-6-10-19(11-7-14,18(21)24)15-8-12-22(13-9-15)16-4-2-1-3-5-16/h1-7,10,15H,8-9,11-13H2,(H2,20,23)(H2,21,24). The zero-order valence-electron chi connectivity index (χ0n) is 13.7. The van der Waals surface area contributed by atoms with Crippen LogP contribution >= 0.6 is 0 Å². The topological polar surface area (TPSA) is 89.4 Å². The summed E-state index contributed by atoms with van der Waals surface area (Å²) in [5.74, 6) is -0.614. The molecule has 1 aromatic rings. The van der Waals surface area contributed by atoms with Crippen LogP contribution in [0.25, 0.3) is 0 Å². The van der Waals surface area contributed by atoms with Gasteiger partial charge in [-0.1, -0.05) is 36.4 Å². The highest BCUT2D eigenvalue weighted by molar-refractivity contribution is 5.96. The van der Waals surface area contributed by atoms with Gasteiger partial charge in [-0.3, -0.25) is 9.59 Å². The van der Waals surface area contributed by atoms with Crippen molar-refractivity contribution < 1.29 is 9.59 Å². The Hall–Kier alpha value is -2.56. The summed E-state index contributed by atoms with van der Waals surface area (Å²) in [6.45, 7) is 1.79. The maximum absolute atomic E-state index is 12.2. The molecule has 1 fully saturated rings.